The molecule has 0 saturated heterocycles. The minimum Gasteiger partial charge on any atom is -0.496 e. The van der Waals surface area contributed by atoms with Crippen molar-refractivity contribution in [3.05, 3.63) is 53.6 Å². The van der Waals surface area contributed by atoms with E-state index in [1.807, 2.05) is 19.1 Å². The average Bonchev–Trinajstić information content (AvgIpc) is 2.90. The fourth-order valence-electron chi connectivity index (χ4n) is 2.99. The smallest absolute Gasteiger partial charge is 0.125 e. The molecule has 0 fully saturated rings. The molecule has 0 aliphatic carbocycles. The summed E-state index contributed by atoms with van der Waals surface area (Å²) >= 11 is 0. The maximum atomic E-state index is 6.17. The van der Waals surface area contributed by atoms with E-state index in [2.05, 4.69) is 35.2 Å². The third-order valence-electron chi connectivity index (χ3n) is 3.90. The molecule has 3 rings (SSSR count). The van der Waals surface area contributed by atoms with Crippen LogP contribution in [0, 0.1) is 0 Å². The van der Waals surface area contributed by atoms with Crippen LogP contribution in [0.25, 0.3) is 0 Å². The molecule has 1 atom stereocenters. The van der Waals surface area contributed by atoms with E-state index < -0.39 is 0 Å². The molecule has 3 heteroatoms. The van der Waals surface area contributed by atoms with E-state index in [4.69, 9.17) is 10.5 Å². The van der Waals surface area contributed by atoms with Gasteiger partial charge in [-0.3, -0.25) is 0 Å². The molecule has 104 valence electrons. The van der Waals surface area contributed by atoms with Gasteiger partial charge in [-0.2, -0.15) is 0 Å². The summed E-state index contributed by atoms with van der Waals surface area (Å²) in [6.07, 6.45) is 1.08. The Morgan fingerprint density at radius 3 is 2.60 bits per heavy atom. The van der Waals surface area contributed by atoms with E-state index in [1.54, 1.807) is 7.11 Å². The molecule has 0 saturated carbocycles. The molecule has 2 aromatic carbocycles. The first-order valence-electron chi connectivity index (χ1n) is 7.00. The maximum Gasteiger partial charge on any atom is 0.125 e. The van der Waals surface area contributed by atoms with Crippen molar-refractivity contribution in [1.29, 1.82) is 0 Å². The van der Waals surface area contributed by atoms with Crippen molar-refractivity contribution < 1.29 is 4.74 Å². The molecular weight excluding hydrogens is 248 g/mol. The lowest BCUT2D eigenvalue weighted by atomic mass is 10.0. The van der Waals surface area contributed by atoms with Crippen LogP contribution in [0.2, 0.25) is 0 Å². The van der Waals surface area contributed by atoms with Crippen LogP contribution in [0.1, 0.15) is 24.1 Å². The Morgan fingerprint density at radius 2 is 1.85 bits per heavy atom. The molecule has 1 aliphatic rings. The van der Waals surface area contributed by atoms with Gasteiger partial charge in [0, 0.05) is 29.5 Å². The van der Waals surface area contributed by atoms with Crippen LogP contribution >= 0.6 is 0 Å². The standard InChI is InChI=1S/C17H20N2O/c1-12(18)17-15(8-5-9-16(17)20-2)19-11-10-13-6-3-4-7-14(13)19/h3-9,12H,10-11,18H2,1-2H3. The van der Waals surface area contributed by atoms with Gasteiger partial charge in [0.25, 0.3) is 0 Å². The van der Waals surface area contributed by atoms with Crippen LogP contribution in [0.3, 0.4) is 0 Å². The quantitative estimate of drug-likeness (QED) is 0.927. The van der Waals surface area contributed by atoms with E-state index in [0.717, 1.165) is 30.0 Å². The Hall–Kier alpha value is -2.00. The summed E-state index contributed by atoms with van der Waals surface area (Å²) < 4.78 is 5.49. The van der Waals surface area contributed by atoms with Crippen LogP contribution in [-0.4, -0.2) is 13.7 Å². The summed E-state index contributed by atoms with van der Waals surface area (Å²) in [5, 5.41) is 0. The number of anilines is 2. The highest BCUT2D eigenvalue weighted by molar-refractivity contribution is 5.74. The van der Waals surface area contributed by atoms with E-state index >= 15 is 0 Å². The van der Waals surface area contributed by atoms with Crippen molar-refractivity contribution in [2.24, 2.45) is 5.73 Å². The normalized spacial score (nSPS) is 15.1. The van der Waals surface area contributed by atoms with Gasteiger partial charge in [0.05, 0.1) is 7.11 Å². The highest BCUT2D eigenvalue weighted by Crippen LogP contribution is 2.40. The second kappa shape index (κ2) is 5.17. The van der Waals surface area contributed by atoms with Crippen molar-refractivity contribution >= 4 is 11.4 Å². The van der Waals surface area contributed by atoms with E-state index in [-0.39, 0.29) is 6.04 Å². The highest BCUT2D eigenvalue weighted by Gasteiger charge is 2.24. The molecule has 1 heterocycles. The predicted octanol–water partition coefficient (Wildman–Crippen LogP) is 3.41. The van der Waals surface area contributed by atoms with Gasteiger partial charge in [0.2, 0.25) is 0 Å². The molecule has 3 nitrogen and oxygen atoms in total. The second-order valence-electron chi connectivity index (χ2n) is 5.21. The average molecular weight is 268 g/mol. The fraction of sp³-hybridized carbons (Fsp3) is 0.294. The molecule has 0 radical (unpaired) electrons. The first-order valence-corrected chi connectivity index (χ1v) is 7.00. The number of nitrogens with zero attached hydrogens (tertiary/aromatic N) is 1. The summed E-state index contributed by atoms with van der Waals surface area (Å²) in [5.74, 6) is 0.863. The lowest BCUT2D eigenvalue weighted by Gasteiger charge is -2.25. The lowest BCUT2D eigenvalue weighted by Crippen LogP contribution is -2.18. The molecule has 2 N–H and O–H groups in total. The Kier molecular flexibility index (Phi) is 3.36. The van der Waals surface area contributed by atoms with E-state index in [1.165, 1.54) is 11.3 Å². The third kappa shape index (κ3) is 2.04. The summed E-state index contributed by atoms with van der Waals surface area (Å²) in [7, 11) is 1.70. The number of ether oxygens (including phenoxy) is 1. The van der Waals surface area contributed by atoms with Gasteiger partial charge >= 0.3 is 0 Å². The van der Waals surface area contributed by atoms with Crippen molar-refractivity contribution in [3.8, 4) is 5.75 Å². The van der Waals surface area contributed by atoms with Crippen LogP contribution in [-0.2, 0) is 6.42 Å². The van der Waals surface area contributed by atoms with Crippen LogP contribution in [0.4, 0.5) is 11.4 Å². The summed E-state index contributed by atoms with van der Waals surface area (Å²) in [4.78, 5) is 2.34. The van der Waals surface area contributed by atoms with Crippen molar-refractivity contribution in [2.45, 2.75) is 19.4 Å². The number of nitrogens with two attached hydrogens (primary N) is 1. The van der Waals surface area contributed by atoms with E-state index in [0.29, 0.717) is 0 Å². The molecule has 0 amide bonds. The van der Waals surface area contributed by atoms with Gasteiger partial charge in [0.15, 0.2) is 0 Å². The number of hydrogen-bond donors (Lipinski definition) is 1. The van der Waals surface area contributed by atoms with Crippen LogP contribution < -0.4 is 15.4 Å². The molecule has 1 aliphatic heterocycles. The lowest BCUT2D eigenvalue weighted by molar-refractivity contribution is 0.407. The van der Waals surface area contributed by atoms with Gasteiger partial charge in [-0.05, 0) is 37.1 Å². The number of fused-ring (bicyclic) bond motifs is 1. The van der Waals surface area contributed by atoms with Crippen molar-refractivity contribution in [2.75, 3.05) is 18.6 Å². The maximum absolute atomic E-state index is 6.17. The fourth-order valence-corrected chi connectivity index (χ4v) is 2.99. The third-order valence-corrected chi connectivity index (χ3v) is 3.90. The number of hydrogen-bond acceptors (Lipinski definition) is 3. The van der Waals surface area contributed by atoms with Crippen LogP contribution in [0.5, 0.6) is 5.75 Å². The minimum absolute atomic E-state index is 0.0612. The molecule has 0 aromatic heterocycles. The number of methoxy groups -OCH3 is 1. The zero-order valence-electron chi connectivity index (χ0n) is 12.0. The van der Waals surface area contributed by atoms with Gasteiger partial charge in [-0.15, -0.1) is 0 Å². The van der Waals surface area contributed by atoms with Gasteiger partial charge in [-0.1, -0.05) is 24.3 Å². The molecule has 0 spiro atoms. The van der Waals surface area contributed by atoms with Gasteiger partial charge in [-0.25, -0.2) is 0 Å². The van der Waals surface area contributed by atoms with Crippen molar-refractivity contribution in [3.63, 3.8) is 0 Å². The zero-order valence-corrected chi connectivity index (χ0v) is 12.0. The Bertz CT molecular complexity index is 622. The van der Waals surface area contributed by atoms with Gasteiger partial charge in [0.1, 0.15) is 5.75 Å². The Labute approximate surface area is 120 Å². The Morgan fingerprint density at radius 1 is 1.10 bits per heavy atom. The van der Waals surface area contributed by atoms with Gasteiger partial charge < -0.3 is 15.4 Å². The number of para-hydroxylation sites is 1. The molecule has 0 bridgehead atoms. The summed E-state index contributed by atoms with van der Waals surface area (Å²) in [6, 6.07) is 14.6. The number of rotatable bonds is 3. The monoisotopic (exact) mass is 268 g/mol. The van der Waals surface area contributed by atoms with Crippen molar-refractivity contribution in [1.82, 2.24) is 0 Å². The first-order chi connectivity index (χ1) is 9.72. The first kappa shape index (κ1) is 13.0. The SMILES string of the molecule is COc1cccc(N2CCc3ccccc32)c1C(C)N. The highest BCUT2D eigenvalue weighted by atomic mass is 16.5. The molecule has 20 heavy (non-hydrogen) atoms. The minimum atomic E-state index is -0.0612. The van der Waals surface area contributed by atoms with Crippen LogP contribution in [0.15, 0.2) is 42.5 Å². The topological polar surface area (TPSA) is 38.5 Å². The summed E-state index contributed by atoms with van der Waals surface area (Å²) in [6.45, 7) is 3.00. The largest absolute Gasteiger partial charge is 0.496 e. The second-order valence-corrected chi connectivity index (χ2v) is 5.21. The Balaban J connectivity index is 2.12. The molecular formula is C17H20N2O. The summed E-state index contributed by atoms with van der Waals surface area (Å²) in [5.41, 5.74) is 11.1. The zero-order chi connectivity index (χ0) is 14.1. The molecule has 2 aromatic rings. The predicted molar refractivity (Wildman–Crippen MR) is 82.7 cm³/mol. The van der Waals surface area contributed by atoms with E-state index in [9.17, 15) is 0 Å². The molecule has 1 unspecified atom stereocenters. The number of benzene rings is 2.